The number of nitrogens with zero attached hydrogens (tertiary/aromatic N) is 1. The van der Waals surface area contributed by atoms with Crippen LogP contribution in [0.25, 0.3) is 0 Å². The molecule has 0 bridgehead atoms. The van der Waals surface area contributed by atoms with Crippen molar-refractivity contribution in [3.8, 4) is 0 Å². The summed E-state index contributed by atoms with van der Waals surface area (Å²) >= 11 is 4.29. The smallest absolute Gasteiger partial charge is 0.329 e. The molecule has 3 nitrogen and oxygen atoms in total. The monoisotopic (exact) mass is 203 g/mol. The van der Waals surface area contributed by atoms with Crippen LogP contribution in [0, 0.1) is 0 Å². The van der Waals surface area contributed by atoms with E-state index in [1.54, 1.807) is 20.8 Å². The highest BCUT2D eigenvalue weighted by Crippen LogP contribution is 2.06. The van der Waals surface area contributed by atoms with Gasteiger partial charge in [0.25, 0.3) is 0 Å². The summed E-state index contributed by atoms with van der Waals surface area (Å²) in [5.41, 5.74) is -0.450. The minimum absolute atomic E-state index is 0.0409. The van der Waals surface area contributed by atoms with Gasteiger partial charge in [-0.3, -0.25) is 0 Å². The quantitative estimate of drug-likeness (QED) is 0.393. The van der Waals surface area contributed by atoms with Gasteiger partial charge in [0, 0.05) is 0 Å². The lowest BCUT2D eigenvalue weighted by molar-refractivity contribution is -0.152. The van der Waals surface area contributed by atoms with Crippen LogP contribution >= 0.6 is 12.2 Å². The zero-order valence-electron chi connectivity index (χ0n) is 8.88. The highest BCUT2D eigenvalue weighted by molar-refractivity contribution is 7.78. The zero-order chi connectivity index (χ0) is 10.9. The normalized spacial score (nSPS) is 9.00. The number of ether oxygens (including phenoxy) is 1. The van der Waals surface area contributed by atoms with Crippen LogP contribution in [0.3, 0.4) is 0 Å². The van der Waals surface area contributed by atoms with Gasteiger partial charge in [-0.1, -0.05) is 13.8 Å². The molecule has 0 radical (unpaired) electrons. The maximum Gasteiger partial charge on any atom is 0.329 e. The first-order valence-corrected chi connectivity index (χ1v) is 4.62. The Morgan fingerprint density at radius 1 is 1.46 bits per heavy atom. The summed E-state index contributed by atoms with van der Waals surface area (Å²) < 4.78 is 4.92. The molecule has 4 heteroatoms. The predicted molar refractivity (Wildman–Crippen MR) is 57.1 cm³/mol. The molecule has 0 aromatic carbocycles. The van der Waals surface area contributed by atoms with E-state index in [1.165, 1.54) is 0 Å². The molecular weight excluding hydrogens is 186 g/mol. The molecule has 0 N–H and O–H groups in total. The van der Waals surface area contributed by atoms with Gasteiger partial charge < -0.3 is 4.74 Å². The molecule has 0 spiro atoms. The molecule has 0 heterocycles. The zero-order valence-corrected chi connectivity index (χ0v) is 9.70. The second kappa shape index (κ2) is 7.90. The Morgan fingerprint density at radius 3 is 2.23 bits per heavy atom. The number of carbonyl (C=O) groups is 1. The fraction of sp³-hybridized carbons (Fsp3) is 0.778. The largest absolute Gasteiger partial charge is 0.459 e. The minimum Gasteiger partial charge on any atom is -0.459 e. The lowest BCUT2D eigenvalue weighted by Gasteiger charge is -2.18. The Kier molecular flexibility index (Phi) is 8.97. The van der Waals surface area contributed by atoms with Crippen LogP contribution in [-0.2, 0) is 9.53 Å². The van der Waals surface area contributed by atoms with E-state index in [0.29, 0.717) is 0 Å². The molecule has 0 fully saturated rings. The van der Waals surface area contributed by atoms with Crippen molar-refractivity contribution in [2.24, 2.45) is 4.99 Å². The van der Waals surface area contributed by atoms with E-state index in [0.717, 1.165) is 0 Å². The second-order valence-electron chi connectivity index (χ2n) is 2.99. The van der Waals surface area contributed by atoms with Crippen molar-refractivity contribution in [3.63, 3.8) is 0 Å². The Bertz CT molecular complexity index is 190. The number of thiocarbonyl (C=S) groups is 1. The molecule has 0 unspecified atom stereocenters. The molecule has 0 rings (SSSR count). The number of aliphatic imine (C=N–C) groups is 1. The van der Waals surface area contributed by atoms with Gasteiger partial charge in [0.1, 0.15) is 12.1 Å². The average molecular weight is 203 g/mol. The standard InChI is InChI=1S/C7H11NO2S.C2H6/c1-7(2,3)10-6(9)4-8-5-11;1-2/h4H2,1-3H3;1-2H3. The first-order chi connectivity index (χ1) is 5.95. The summed E-state index contributed by atoms with van der Waals surface area (Å²) in [6.45, 7) is 9.35. The number of rotatable bonds is 2. The van der Waals surface area contributed by atoms with Crippen molar-refractivity contribution >= 4 is 23.3 Å². The van der Waals surface area contributed by atoms with Gasteiger partial charge in [-0.05, 0) is 33.0 Å². The fourth-order valence-corrected chi connectivity index (χ4v) is 0.535. The number of esters is 1. The fourth-order valence-electron chi connectivity index (χ4n) is 0.471. The highest BCUT2D eigenvalue weighted by atomic mass is 32.1. The summed E-state index contributed by atoms with van der Waals surface area (Å²) in [6, 6.07) is 0. The third-order valence-electron chi connectivity index (χ3n) is 0.693. The third-order valence-corrected chi connectivity index (χ3v) is 0.822. The third kappa shape index (κ3) is 14.2. The van der Waals surface area contributed by atoms with Crippen LogP contribution in [0.1, 0.15) is 34.6 Å². The van der Waals surface area contributed by atoms with E-state index >= 15 is 0 Å². The van der Waals surface area contributed by atoms with Crippen LogP contribution in [0.4, 0.5) is 0 Å². The molecule has 0 aromatic heterocycles. The van der Waals surface area contributed by atoms with Crippen molar-refractivity contribution < 1.29 is 9.53 Å². The van der Waals surface area contributed by atoms with Crippen molar-refractivity contribution in [2.75, 3.05) is 6.54 Å². The number of isothiocyanates is 1. The van der Waals surface area contributed by atoms with E-state index in [9.17, 15) is 4.79 Å². The molecule has 0 aliphatic rings. The molecule has 76 valence electrons. The Labute approximate surface area is 85.2 Å². The molecular formula is C9H17NO2S. The Balaban J connectivity index is 0. The van der Waals surface area contributed by atoms with Crippen molar-refractivity contribution in [3.05, 3.63) is 0 Å². The molecule has 0 atom stereocenters. The molecule has 0 aliphatic carbocycles. The molecule has 13 heavy (non-hydrogen) atoms. The van der Waals surface area contributed by atoms with E-state index in [-0.39, 0.29) is 12.5 Å². The van der Waals surface area contributed by atoms with E-state index in [4.69, 9.17) is 4.74 Å². The van der Waals surface area contributed by atoms with Gasteiger partial charge >= 0.3 is 5.97 Å². The maximum absolute atomic E-state index is 10.8. The van der Waals surface area contributed by atoms with Crippen LogP contribution in [-0.4, -0.2) is 23.3 Å². The Morgan fingerprint density at radius 2 is 1.92 bits per heavy atom. The lowest BCUT2D eigenvalue weighted by Crippen LogP contribution is -2.25. The van der Waals surface area contributed by atoms with Crippen molar-refractivity contribution in [1.29, 1.82) is 0 Å². The minimum atomic E-state index is -0.450. The van der Waals surface area contributed by atoms with Crippen LogP contribution in [0.2, 0.25) is 0 Å². The van der Waals surface area contributed by atoms with Gasteiger partial charge in [0.05, 0.1) is 5.16 Å². The van der Waals surface area contributed by atoms with Crippen molar-refractivity contribution in [1.82, 2.24) is 0 Å². The van der Waals surface area contributed by atoms with E-state index in [2.05, 4.69) is 22.4 Å². The molecule has 0 aliphatic heterocycles. The summed E-state index contributed by atoms with van der Waals surface area (Å²) in [5, 5.41) is 2.09. The van der Waals surface area contributed by atoms with Crippen LogP contribution in [0.5, 0.6) is 0 Å². The van der Waals surface area contributed by atoms with Gasteiger partial charge in [-0.15, -0.1) is 0 Å². The van der Waals surface area contributed by atoms with Gasteiger partial charge in [-0.2, -0.15) is 0 Å². The molecule has 0 saturated heterocycles. The first kappa shape index (κ1) is 14.8. The van der Waals surface area contributed by atoms with Crippen molar-refractivity contribution in [2.45, 2.75) is 40.2 Å². The first-order valence-electron chi connectivity index (χ1n) is 4.21. The number of hydrogen-bond donors (Lipinski definition) is 0. The van der Waals surface area contributed by atoms with Gasteiger partial charge in [-0.25, -0.2) is 9.79 Å². The maximum atomic E-state index is 10.8. The molecule has 0 amide bonds. The summed E-state index contributed by atoms with van der Waals surface area (Å²) in [4.78, 5) is 14.3. The van der Waals surface area contributed by atoms with E-state index in [1.807, 2.05) is 13.8 Å². The summed E-state index contributed by atoms with van der Waals surface area (Å²) in [6.07, 6.45) is 0. The second-order valence-corrected chi connectivity index (χ2v) is 3.18. The van der Waals surface area contributed by atoms with Gasteiger partial charge in [0.2, 0.25) is 0 Å². The van der Waals surface area contributed by atoms with Crippen LogP contribution < -0.4 is 0 Å². The number of carbonyl (C=O) groups excluding carboxylic acids is 1. The highest BCUT2D eigenvalue weighted by Gasteiger charge is 2.14. The molecule has 0 saturated carbocycles. The molecule has 0 aromatic rings. The lowest BCUT2D eigenvalue weighted by atomic mass is 10.2. The number of hydrogen-bond acceptors (Lipinski definition) is 4. The Hall–Kier alpha value is -0.730. The SMILES string of the molecule is CC.CC(C)(C)OC(=O)CN=C=S. The van der Waals surface area contributed by atoms with Gasteiger partial charge in [0.15, 0.2) is 0 Å². The topological polar surface area (TPSA) is 38.7 Å². The predicted octanol–water partition coefficient (Wildman–Crippen LogP) is 2.46. The summed E-state index contributed by atoms with van der Waals surface area (Å²) in [7, 11) is 0. The van der Waals surface area contributed by atoms with Crippen LogP contribution in [0.15, 0.2) is 4.99 Å². The van der Waals surface area contributed by atoms with E-state index < -0.39 is 5.60 Å². The average Bonchev–Trinajstić information content (AvgIpc) is 2.01. The summed E-state index contributed by atoms with van der Waals surface area (Å²) in [5.74, 6) is -0.380.